The van der Waals surface area contributed by atoms with Gasteiger partial charge in [0.1, 0.15) is 60.4 Å². The summed E-state index contributed by atoms with van der Waals surface area (Å²) >= 11 is 1.69. The van der Waals surface area contributed by atoms with Crippen LogP contribution in [0.25, 0.3) is 0 Å². The number of fused-ring (bicyclic) bond motifs is 3. The minimum atomic E-state index is -1.20. The number of thioether (sulfide) groups is 1. The molecule has 3 aliphatic rings. The van der Waals surface area contributed by atoms with Crippen molar-refractivity contribution < 1.29 is 52.7 Å². The van der Waals surface area contributed by atoms with E-state index in [-0.39, 0.29) is 29.7 Å². The Hall–Kier alpha value is -5.72. The molecular formula is C41H69N13O11S. The van der Waals surface area contributed by atoms with Gasteiger partial charge in [0, 0.05) is 37.7 Å². The molecule has 0 aromatic heterocycles. The third-order valence-electron chi connectivity index (χ3n) is 11.6. The van der Waals surface area contributed by atoms with Crippen molar-refractivity contribution >= 4 is 76.9 Å². The molecule has 0 saturated carbocycles. The van der Waals surface area contributed by atoms with Crippen molar-refractivity contribution in [2.45, 2.75) is 159 Å². The van der Waals surface area contributed by atoms with Crippen LogP contribution in [0.1, 0.15) is 87.0 Å². The molecule has 0 radical (unpaired) electrons. The molecule has 3 rings (SSSR count). The third kappa shape index (κ3) is 14.9. The summed E-state index contributed by atoms with van der Waals surface area (Å²) in [6.07, 6.45) is 2.53. The van der Waals surface area contributed by atoms with Gasteiger partial charge < -0.3 is 68.7 Å². The molecule has 24 nitrogen and oxygen atoms in total. The number of hydrogen-bond acceptors (Lipinski definition) is 13. The highest BCUT2D eigenvalue weighted by atomic mass is 32.2. The van der Waals surface area contributed by atoms with Crippen LogP contribution in [0.3, 0.4) is 0 Å². The topological polar surface area (TPSA) is 346 Å². The lowest BCUT2D eigenvalue weighted by Crippen LogP contribution is -2.59. The molecule has 12 atom stereocenters. The van der Waals surface area contributed by atoms with Gasteiger partial charge in [0.2, 0.25) is 59.1 Å². The van der Waals surface area contributed by atoms with Crippen molar-refractivity contribution in [1.82, 2.24) is 57.2 Å². The zero-order chi connectivity index (χ0) is 49.7. The highest BCUT2D eigenvalue weighted by Gasteiger charge is 2.50. The van der Waals surface area contributed by atoms with Gasteiger partial charge in [-0.3, -0.25) is 47.9 Å². The molecule has 0 aromatic rings. The summed E-state index contributed by atoms with van der Waals surface area (Å²) in [7, 11) is 3.24. The molecule has 3 fully saturated rings. The number of nitrogens with zero attached hydrogens (tertiary/aromatic N) is 3. The predicted octanol–water partition coefficient (Wildman–Crippen LogP) is -4.15. The lowest BCUT2D eigenvalue weighted by Gasteiger charge is -2.35. The molecule has 3 saturated heterocycles. The number of nitrogens with one attached hydrogen (secondary N) is 8. The average molecular weight is 952 g/mol. The van der Waals surface area contributed by atoms with Crippen molar-refractivity contribution in [3.8, 4) is 0 Å². The first-order chi connectivity index (χ1) is 30.9. The first-order valence-electron chi connectivity index (χ1n) is 22.2. The largest absolute Gasteiger partial charge is 0.368 e. The van der Waals surface area contributed by atoms with Crippen LogP contribution in [0.4, 0.5) is 4.79 Å². The molecule has 25 heteroatoms. The molecule has 0 spiro atoms. The first kappa shape index (κ1) is 54.6. The van der Waals surface area contributed by atoms with Crippen molar-refractivity contribution in [3.05, 3.63) is 0 Å². The fraction of sp³-hybridized carbons (Fsp3) is 0.732. The minimum absolute atomic E-state index is 0.118. The van der Waals surface area contributed by atoms with Gasteiger partial charge in [-0.05, 0) is 93.5 Å². The molecule has 12 N–H and O–H groups in total. The van der Waals surface area contributed by atoms with Gasteiger partial charge in [-0.15, -0.1) is 0 Å². The van der Waals surface area contributed by atoms with E-state index in [0.717, 1.165) is 0 Å². The van der Waals surface area contributed by atoms with Gasteiger partial charge in [0.15, 0.2) is 0 Å². The van der Waals surface area contributed by atoms with Crippen LogP contribution in [-0.2, 0) is 47.9 Å². The summed E-state index contributed by atoms with van der Waals surface area (Å²) in [4.78, 5) is 147. The maximum atomic E-state index is 13.9. The monoisotopic (exact) mass is 951 g/mol. The van der Waals surface area contributed by atoms with E-state index in [0.29, 0.717) is 50.9 Å². The van der Waals surface area contributed by atoms with Crippen LogP contribution in [0, 0.1) is 0 Å². The number of hydrogen-bond donors (Lipinski definition) is 10. The van der Waals surface area contributed by atoms with Crippen LogP contribution < -0.4 is 54.0 Å². The smallest absolute Gasteiger partial charge is 0.320 e. The Bertz CT molecular complexity index is 1860. The second kappa shape index (κ2) is 24.7. The number of likely N-dealkylation sites (tertiary alicyclic amines) is 1. The van der Waals surface area contributed by atoms with Crippen LogP contribution in [-0.4, -0.2) is 184 Å². The number of amides is 12. The van der Waals surface area contributed by atoms with E-state index >= 15 is 0 Å². The van der Waals surface area contributed by atoms with Crippen molar-refractivity contribution in [1.29, 1.82) is 0 Å². The third-order valence-corrected chi connectivity index (χ3v) is 13.0. The van der Waals surface area contributed by atoms with Gasteiger partial charge in [-0.2, -0.15) is 11.8 Å². The Balaban J connectivity index is 1.50. The Kier molecular flexibility index (Phi) is 20.4. The number of nitrogens with two attached hydrogens (primary N) is 2. The minimum Gasteiger partial charge on any atom is -0.368 e. The standard InChI is InChI=1S/C41H69N13O11S/c1-19(31(43)55)44-32(56)20(2)45-35(59)23(5)49-38(62)28(12-10-11-15-42)51-37(61)25(7)48-34(58)22(4)46-33(57)21(3)47-36(60)24(6)50-39(63)29-14-13-26-18-66-27-16-30(40(64)54(26)29)53(17-27)41(65)52(8)9/h19-30H,10-18,42H2,1-9H3,(H2,43,55)(H,44,56)(H,45,59)(H,46,57)(H,47,60)(H,48,58)(H,49,62)(H,50,63)(H,51,61)/t19-,20-,21-,22-,23-,24-,25-,26?,27+,28-,29-,30+/m0/s1. The molecule has 2 bridgehead atoms. The van der Waals surface area contributed by atoms with Crippen LogP contribution >= 0.6 is 11.8 Å². The number of unbranched alkanes of at least 4 members (excludes halogenated alkanes) is 1. The van der Waals surface area contributed by atoms with E-state index in [4.69, 9.17) is 11.5 Å². The SMILES string of the molecule is C[C@H](NC(=O)[C@H](C)NC(=O)[C@H](C)NC(=O)[C@H](CCCCN)NC(=O)[C@H](C)NC(=O)[C@H](C)NC(=O)[C@H](C)NC(=O)[C@H](C)NC(=O)[C@@H]1CCC2CS[C@@H]3C[C@H](C(=O)N21)N(C(=O)N(C)C)C3)C(N)=O. The molecular weight excluding hydrogens is 883 g/mol. The second-order valence-electron chi connectivity index (χ2n) is 17.4. The summed E-state index contributed by atoms with van der Waals surface area (Å²) in [5.41, 5.74) is 10.8. The summed E-state index contributed by atoms with van der Waals surface area (Å²) in [5.74, 6) is -6.08. The first-order valence-corrected chi connectivity index (χ1v) is 23.3. The van der Waals surface area contributed by atoms with Crippen molar-refractivity contribution in [2.75, 3.05) is 32.9 Å². The lowest BCUT2D eigenvalue weighted by molar-refractivity contribution is -0.143. The Labute approximate surface area is 389 Å². The fourth-order valence-electron chi connectivity index (χ4n) is 7.52. The second-order valence-corrected chi connectivity index (χ2v) is 18.7. The van der Waals surface area contributed by atoms with E-state index in [1.165, 1.54) is 53.4 Å². The Morgan fingerprint density at radius 3 is 1.53 bits per heavy atom. The van der Waals surface area contributed by atoms with Gasteiger partial charge in [0.25, 0.3) is 0 Å². The molecule has 0 aromatic carbocycles. The summed E-state index contributed by atoms with van der Waals surface area (Å²) in [6.45, 7) is 10.4. The Morgan fingerprint density at radius 2 is 1.08 bits per heavy atom. The Morgan fingerprint density at radius 1 is 0.636 bits per heavy atom. The molecule has 1 unspecified atom stereocenters. The zero-order valence-electron chi connectivity index (χ0n) is 39.2. The maximum Gasteiger partial charge on any atom is 0.320 e. The maximum absolute atomic E-state index is 13.9. The van der Waals surface area contributed by atoms with E-state index in [1.807, 2.05) is 0 Å². The summed E-state index contributed by atoms with van der Waals surface area (Å²) in [6, 6.07) is -11.1. The summed E-state index contributed by atoms with van der Waals surface area (Å²) < 4.78 is 0. The molecule has 3 aliphatic heterocycles. The predicted molar refractivity (Wildman–Crippen MR) is 241 cm³/mol. The zero-order valence-corrected chi connectivity index (χ0v) is 40.0. The van der Waals surface area contributed by atoms with E-state index in [9.17, 15) is 52.7 Å². The van der Waals surface area contributed by atoms with E-state index in [1.54, 1.807) is 35.7 Å². The van der Waals surface area contributed by atoms with Gasteiger partial charge in [0.05, 0.1) is 0 Å². The van der Waals surface area contributed by atoms with Gasteiger partial charge >= 0.3 is 6.03 Å². The number of primary amides is 1. The summed E-state index contributed by atoms with van der Waals surface area (Å²) in [5, 5.41) is 20.1. The highest BCUT2D eigenvalue weighted by Crippen LogP contribution is 2.38. The van der Waals surface area contributed by atoms with E-state index < -0.39 is 114 Å². The molecule has 0 aliphatic carbocycles. The number of carbonyl (C=O) groups is 11. The highest BCUT2D eigenvalue weighted by molar-refractivity contribution is 8.00. The number of rotatable bonds is 21. The van der Waals surface area contributed by atoms with Crippen molar-refractivity contribution in [3.63, 3.8) is 0 Å². The fourth-order valence-corrected chi connectivity index (χ4v) is 8.92. The average Bonchev–Trinajstić information content (AvgIpc) is 3.89. The lowest BCUT2D eigenvalue weighted by atomic mass is 10.1. The van der Waals surface area contributed by atoms with Crippen LogP contribution in [0.2, 0.25) is 0 Å². The van der Waals surface area contributed by atoms with Crippen molar-refractivity contribution in [2.24, 2.45) is 11.5 Å². The van der Waals surface area contributed by atoms with Crippen LogP contribution in [0.5, 0.6) is 0 Å². The molecule has 66 heavy (non-hydrogen) atoms. The van der Waals surface area contributed by atoms with Gasteiger partial charge in [-0.1, -0.05) is 0 Å². The number of carbonyl (C=O) groups excluding carboxylic acids is 11. The normalized spacial score (nSPS) is 22.4. The quantitative estimate of drug-likeness (QED) is 0.0490. The molecule has 370 valence electrons. The molecule has 3 heterocycles. The molecule has 12 amide bonds. The van der Waals surface area contributed by atoms with Crippen LogP contribution in [0.15, 0.2) is 0 Å². The van der Waals surface area contributed by atoms with E-state index in [2.05, 4.69) is 42.5 Å². The van der Waals surface area contributed by atoms with Gasteiger partial charge in [-0.25, -0.2) is 4.79 Å². The number of urea groups is 1.